The normalized spacial score (nSPS) is 10.7. The highest BCUT2D eigenvalue weighted by Gasteiger charge is 2.16. The number of ether oxygens (including phenoxy) is 1. The Kier molecular flexibility index (Phi) is 4.91. The van der Waals surface area contributed by atoms with Gasteiger partial charge in [0.1, 0.15) is 5.75 Å². The second-order valence-corrected chi connectivity index (χ2v) is 5.21. The lowest BCUT2D eigenvalue weighted by molar-refractivity contribution is -0.119. The van der Waals surface area contributed by atoms with Crippen LogP contribution in [0.25, 0.3) is 0 Å². The zero-order chi connectivity index (χ0) is 13.6. The van der Waals surface area contributed by atoms with Gasteiger partial charge in [-0.2, -0.15) is 0 Å². The largest absolute Gasteiger partial charge is 0.497 e. The van der Waals surface area contributed by atoms with Crippen molar-refractivity contribution in [1.82, 2.24) is 4.72 Å². The van der Waals surface area contributed by atoms with Crippen molar-refractivity contribution in [2.24, 2.45) is 0 Å². The van der Waals surface area contributed by atoms with Gasteiger partial charge in [0.15, 0.2) is 0 Å². The monoisotopic (exact) mass is 269 g/mol. The average Bonchev–Trinajstić information content (AvgIpc) is 2.36. The Labute approximate surface area is 107 Å². The van der Waals surface area contributed by atoms with Crippen molar-refractivity contribution in [2.75, 3.05) is 7.11 Å². The molecule has 0 bridgehead atoms. The minimum atomic E-state index is -3.80. The number of methoxy groups -OCH3 is 1. The van der Waals surface area contributed by atoms with Gasteiger partial charge in [-0.3, -0.25) is 4.79 Å². The van der Waals surface area contributed by atoms with Crippen LogP contribution in [-0.4, -0.2) is 21.4 Å². The molecule has 0 heterocycles. The first-order valence-corrected chi connectivity index (χ1v) is 6.78. The SMILES string of the molecule is C=CCCC(=O)NS(=O)(=O)c1ccc(OC)cc1. The number of allylic oxidation sites excluding steroid dienone is 1. The molecule has 1 N–H and O–H groups in total. The summed E-state index contributed by atoms with van der Waals surface area (Å²) in [6.07, 6.45) is 2.09. The van der Waals surface area contributed by atoms with Gasteiger partial charge in [-0.1, -0.05) is 6.08 Å². The molecular formula is C12H15NO4S. The van der Waals surface area contributed by atoms with Crippen molar-refractivity contribution >= 4 is 15.9 Å². The lowest BCUT2D eigenvalue weighted by atomic mass is 10.3. The maximum absolute atomic E-state index is 11.8. The van der Waals surface area contributed by atoms with E-state index < -0.39 is 15.9 Å². The van der Waals surface area contributed by atoms with E-state index in [1.165, 1.54) is 31.4 Å². The van der Waals surface area contributed by atoms with Crippen LogP contribution >= 0.6 is 0 Å². The van der Waals surface area contributed by atoms with Crippen molar-refractivity contribution in [2.45, 2.75) is 17.7 Å². The molecule has 1 rings (SSSR count). The molecule has 18 heavy (non-hydrogen) atoms. The van der Waals surface area contributed by atoms with Crippen LogP contribution in [0.3, 0.4) is 0 Å². The van der Waals surface area contributed by atoms with E-state index in [4.69, 9.17) is 4.74 Å². The van der Waals surface area contributed by atoms with Gasteiger partial charge < -0.3 is 4.74 Å². The fourth-order valence-electron chi connectivity index (χ4n) is 1.25. The Balaban J connectivity index is 2.79. The van der Waals surface area contributed by atoms with E-state index in [0.717, 1.165) is 0 Å². The van der Waals surface area contributed by atoms with Crippen molar-refractivity contribution < 1.29 is 17.9 Å². The van der Waals surface area contributed by atoms with Crippen molar-refractivity contribution in [1.29, 1.82) is 0 Å². The van der Waals surface area contributed by atoms with E-state index >= 15 is 0 Å². The van der Waals surface area contributed by atoms with Crippen molar-refractivity contribution in [3.8, 4) is 5.75 Å². The molecule has 1 amide bonds. The Morgan fingerprint density at radius 2 is 2.00 bits per heavy atom. The van der Waals surface area contributed by atoms with Crippen LogP contribution in [-0.2, 0) is 14.8 Å². The van der Waals surface area contributed by atoms with Crippen LogP contribution in [0.4, 0.5) is 0 Å². The Morgan fingerprint density at radius 3 is 2.50 bits per heavy atom. The number of rotatable bonds is 6. The second-order valence-electron chi connectivity index (χ2n) is 3.53. The van der Waals surface area contributed by atoms with Gasteiger partial charge in [-0.05, 0) is 30.7 Å². The van der Waals surface area contributed by atoms with Crippen LogP contribution in [0, 0.1) is 0 Å². The summed E-state index contributed by atoms with van der Waals surface area (Å²) in [5, 5.41) is 0. The van der Waals surface area contributed by atoms with Crippen LogP contribution in [0.1, 0.15) is 12.8 Å². The maximum atomic E-state index is 11.8. The molecule has 5 nitrogen and oxygen atoms in total. The van der Waals surface area contributed by atoms with Gasteiger partial charge >= 0.3 is 0 Å². The van der Waals surface area contributed by atoms with E-state index in [2.05, 4.69) is 6.58 Å². The Bertz CT molecular complexity index is 520. The Hall–Kier alpha value is -1.82. The highest BCUT2D eigenvalue weighted by atomic mass is 32.2. The fraction of sp³-hybridized carbons (Fsp3) is 0.250. The molecule has 0 saturated carbocycles. The molecule has 0 atom stereocenters. The summed E-state index contributed by atoms with van der Waals surface area (Å²) < 4.78 is 30.5. The molecule has 0 aliphatic carbocycles. The van der Waals surface area contributed by atoms with Crippen molar-refractivity contribution in [3.63, 3.8) is 0 Å². The lowest BCUT2D eigenvalue weighted by Crippen LogP contribution is -2.30. The molecule has 0 aliphatic rings. The minimum Gasteiger partial charge on any atom is -0.497 e. The van der Waals surface area contributed by atoms with E-state index in [-0.39, 0.29) is 11.3 Å². The van der Waals surface area contributed by atoms with Crippen molar-refractivity contribution in [3.05, 3.63) is 36.9 Å². The summed E-state index contributed by atoms with van der Waals surface area (Å²) in [5.41, 5.74) is 0. The molecule has 0 aliphatic heterocycles. The third-order valence-electron chi connectivity index (χ3n) is 2.19. The quantitative estimate of drug-likeness (QED) is 0.794. The first-order chi connectivity index (χ1) is 8.49. The summed E-state index contributed by atoms with van der Waals surface area (Å²) in [4.78, 5) is 11.4. The van der Waals surface area contributed by atoms with Gasteiger partial charge in [0.05, 0.1) is 12.0 Å². The minimum absolute atomic E-state index is 0.0234. The molecule has 0 aromatic heterocycles. The molecule has 0 fully saturated rings. The van der Waals surface area contributed by atoms with Crippen LogP contribution < -0.4 is 9.46 Å². The van der Waals surface area contributed by atoms with Crippen LogP contribution in [0.5, 0.6) is 5.75 Å². The summed E-state index contributed by atoms with van der Waals surface area (Å²) in [6, 6.07) is 5.79. The zero-order valence-electron chi connectivity index (χ0n) is 10.0. The standard InChI is InChI=1S/C12H15NO4S/c1-3-4-5-12(14)13-18(15,16)11-8-6-10(17-2)7-9-11/h3,6-9H,1,4-5H2,2H3,(H,13,14). The highest BCUT2D eigenvalue weighted by molar-refractivity contribution is 7.90. The molecule has 98 valence electrons. The van der Waals surface area contributed by atoms with Gasteiger partial charge in [0.2, 0.25) is 5.91 Å². The molecule has 1 aromatic rings. The smallest absolute Gasteiger partial charge is 0.264 e. The number of carbonyl (C=O) groups is 1. The van der Waals surface area contributed by atoms with Crippen LogP contribution in [0.15, 0.2) is 41.8 Å². The van der Waals surface area contributed by atoms with Gasteiger partial charge in [0.25, 0.3) is 10.0 Å². The molecule has 1 aromatic carbocycles. The number of benzene rings is 1. The molecule has 0 unspecified atom stereocenters. The average molecular weight is 269 g/mol. The van der Waals surface area contributed by atoms with E-state index in [1.807, 2.05) is 4.72 Å². The number of sulfonamides is 1. The maximum Gasteiger partial charge on any atom is 0.264 e. The molecule has 6 heteroatoms. The number of amides is 1. The van der Waals surface area contributed by atoms with Gasteiger partial charge in [0, 0.05) is 6.42 Å². The zero-order valence-corrected chi connectivity index (χ0v) is 10.9. The number of hydrogen-bond donors (Lipinski definition) is 1. The molecule has 0 radical (unpaired) electrons. The summed E-state index contributed by atoms with van der Waals surface area (Å²) in [7, 11) is -2.32. The third-order valence-corrected chi connectivity index (χ3v) is 3.58. The van der Waals surface area contributed by atoms with Gasteiger partial charge in [-0.15, -0.1) is 6.58 Å². The fourth-order valence-corrected chi connectivity index (χ4v) is 2.26. The highest BCUT2D eigenvalue weighted by Crippen LogP contribution is 2.15. The Morgan fingerprint density at radius 1 is 1.39 bits per heavy atom. The molecular weight excluding hydrogens is 254 g/mol. The summed E-state index contributed by atoms with van der Waals surface area (Å²) in [6.45, 7) is 3.46. The third kappa shape index (κ3) is 3.89. The molecule has 0 saturated heterocycles. The number of hydrogen-bond acceptors (Lipinski definition) is 4. The van der Waals surface area contributed by atoms with E-state index in [9.17, 15) is 13.2 Å². The topological polar surface area (TPSA) is 72.5 Å². The summed E-state index contributed by atoms with van der Waals surface area (Å²) >= 11 is 0. The lowest BCUT2D eigenvalue weighted by Gasteiger charge is -2.07. The molecule has 0 spiro atoms. The summed E-state index contributed by atoms with van der Waals surface area (Å²) in [5.74, 6) is -0.00217. The van der Waals surface area contributed by atoms with Gasteiger partial charge in [-0.25, -0.2) is 13.1 Å². The predicted molar refractivity (Wildman–Crippen MR) is 67.8 cm³/mol. The number of nitrogens with one attached hydrogen (secondary N) is 1. The van der Waals surface area contributed by atoms with E-state index in [1.54, 1.807) is 6.08 Å². The first-order valence-electron chi connectivity index (χ1n) is 5.30. The number of carbonyl (C=O) groups excluding carboxylic acids is 1. The van der Waals surface area contributed by atoms with E-state index in [0.29, 0.717) is 12.2 Å². The first kappa shape index (κ1) is 14.2. The second kappa shape index (κ2) is 6.20. The predicted octanol–water partition coefficient (Wildman–Crippen LogP) is 1.47. The van der Waals surface area contributed by atoms with Crippen LogP contribution in [0.2, 0.25) is 0 Å².